The number of ether oxygens (including phenoxy) is 2. The van der Waals surface area contributed by atoms with E-state index in [4.69, 9.17) is 13.9 Å². The Hall–Kier alpha value is -4.20. The molecule has 0 saturated heterocycles. The summed E-state index contributed by atoms with van der Waals surface area (Å²) in [7, 11) is 4.95. The van der Waals surface area contributed by atoms with Crippen LogP contribution in [0, 0.1) is 0 Å². The highest BCUT2D eigenvalue weighted by Gasteiger charge is 2.17. The molecule has 8 heteroatoms. The van der Waals surface area contributed by atoms with E-state index in [0.29, 0.717) is 35.9 Å². The normalized spacial score (nSPS) is 10.9. The minimum atomic E-state index is -0.467. The first kappa shape index (κ1) is 23.5. The molecule has 8 nitrogen and oxygen atoms in total. The SMILES string of the molecule is COc1ccc(C(=O)N/C(=C\c2ccco2)C(=O)NCCN(C)c2ccccc2)cc1OC. The lowest BCUT2D eigenvalue weighted by atomic mass is 10.1. The van der Waals surface area contributed by atoms with Crippen molar-refractivity contribution in [3.63, 3.8) is 0 Å². The van der Waals surface area contributed by atoms with Gasteiger partial charge >= 0.3 is 0 Å². The predicted molar refractivity (Wildman–Crippen MR) is 126 cm³/mol. The summed E-state index contributed by atoms with van der Waals surface area (Å²) in [6.45, 7) is 0.972. The van der Waals surface area contributed by atoms with Crippen LogP contribution in [0.4, 0.5) is 5.69 Å². The van der Waals surface area contributed by atoms with Gasteiger partial charge in [0.15, 0.2) is 11.5 Å². The van der Waals surface area contributed by atoms with E-state index in [1.54, 1.807) is 30.3 Å². The summed E-state index contributed by atoms with van der Waals surface area (Å²) in [5.74, 6) is 0.456. The fourth-order valence-corrected chi connectivity index (χ4v) is 3.09. The van der Waals surface area contributed by atoms with Crippen molar-refractivity contribution in [1.82, 2.24) is 10.6 Å². The van der Waals surface area contributed by atoms with E-state index < -0.39 is 11.8 Å². The number of carbonyl (C=O) groups is 2. The molecular weight excluding hydrogens is 422 g/mol. The largest absolute Gasteiger partial charge is 0.493 e. The van der Waals surface area contributed by atoms with Crippen molar-refractivity contribution < 1.29 is 23.5 Å². The van der Waals surface area contributed by atoms with Gasteiger partial charge in [0, 0.05) is 37.5 Å². The third-order valence-corrected chi connectivity index (χ3v) is 4.90. The molecule has 2 aromatic carbocycles. The molecule has 2 amide bonds. The zero-order valence-electron chi connectivity index (χ0n) is 18.8. The first-order valence-corrected chi connectivity index (χ1v) is 10.3. The van der Waals surface area contributed by atoms with Crippen LogP contribution in [0.1, 0.15) is 16.1 Å². The summed E-state index contributed by atoms with van der Waals surface area (Å²) in [6, 6.07) is 18.0. The minimum absolute atomic E-state index is 0.0621. The van der Waals surface area contributed by atoms with Gasteiger partial charge in [0.2, 0.25) is 0 Å². The van der Waals surface area contributed by atoms with Gasteiger partial charge in [-0.05, 0) is 42.5 Å². The second-order valence-electron chi connectivity index (χ2n) is 7.11. The van der Waals surface area contributed by atoms with Gasteiger partial charge < -0.3 is 29.4 Å². The number of benzene rings is 2. The number of hydrogen-bond acceptors (Lipinski definition) is 6. The Morgan fingerprint density at radius 3 is 2.42 bits per heavy atom. The lowest BCUT2D eigenvalue weighted by Crippen LogP contribution is -2.38. The summed E-state index contributed by atoms with van der Waals surface area (Å²) in [6.07, 6.45) is 2.97. The second-order valence-corrected chi connectivity index (χ2v) is 7.11. The van der Waals surface area contributed by atoms with Crippen LogP contribution in [0.25, 0.3) is 6.08 Å². The number of rotatable bonds is 10. The maximum Gasteiger partial charge on any atom is 0.268 e. The molecule has 0 atom stereocenters. The van der Waals surface area contributed by atoms with Crippen LogP contribution in [-0.4, -0.2) is 46.2 Å². The Kier molecular flexibility index (Phi) is 8.13. The molecule has 0 fully saturated rings. The van der Waals surface area contributed by atoms with Crippen LogP contribution < -0.4 is 25.0 Å². The van der Waals surface area contributed by atoms with Crippen LogP contribution in [-0.2, 0) is 4.79 Å². The molecule has 0 bridgehead atoms. The first-order chi connectivity index (χ1) is 16.0. The molecule has 3 rings (SSSR count). The van der Waals surface area contributed by atoms with E-state index in [0.717, 1.165) is 5.69 Å². The fourth-order valence-electron chi connectivity index (χ4n) is 3.09. The Balaban J connectivity index is 1.70. The van der Waals surface area contributed by atoms with Crippen LogP contribution in [0.5, 0.6) is 11.5 Å². The Labute approximate surface area is 192 Å². The molecule has 172 valence electrons. The third kappa shape index (κ3) is 6.39. The molecule has 0 aliphatic rings. The quantitative estimate of drug-likeness (QED) is 0.462. The molecule has 0 radical (unpaired) electrons. The van der Waals surface area contributed by atoms with E-state index >= 15 is 0 Å². The summed E-state index contributed by atoms with van der Waals surface area (Å²) in [5.41, 5.74) is 1.42. The summed E-state index contributed by atoms with van der Waals surface area (Å²) < 4.78 is 15.8. The molecule has 0 aliphatic carbocycles. The molecule has 0 unspecified atom stereocenters. The summed E-state index contributed by atoms with van der Waals surface area (Å²) in [5, 5.41) is 5.51. The van der Waals surface area contributed by atoms with Crippen molar-refractivity contribution in [1.29, 1.82) is 0 Å². The second kappa shape index (κ2) is 11.4. The van der Waals surface area contributed by atoms with E-state index in [-0.39, 0.29) is 5.70 Å². The molecule has 33 heavy (non-hydrogen) atoms. The van der Waals surface area contributed by atoms with Crippen LogP contribution >= 0.6 is 0 Å². The van der Waals surface area contributed by atoms with Gasteiger partial charge in [-0.1, -0.05) is 18.2 Å². The van der Waals surface area contributed by atoms with Crippen LogP contribution in [0.3, 0.4) is 0 Å². The van der Waals surface area contributed by atoms with E-state index in [2.05, 4.69) is 10.6 Å². The van der Waals surface area contributed by atoms with E-state index in [1.807, 2.05) is 42.3 Å². The number of para-hydroxylation sites is 1. The first-order valence-electron chi connectivity index (χ1n) is 10.3. The highest BCUT2D eigenvalue weighted by atomic mass is 16.5. The lowest BCUT2D eigenvalue weighted by Gasteiger charge is -2.19. The minimum Gasteiger partial charge on any atom is -0.493 e. The smallest absolute Gasteiger partial charge is 0.268 e. The van der Waals surface area contributed by atoms with Gasteiger partial charge in [0.05, 0.1) is 20.5 Å². The van der Waals surface area contributed by atoms with Gasteiger partial charge in [0.25, 0.3) is 11.8 Å². The van der Waals surface area contributed by atoms with Gasteiger partial charge in [-0.3, -0.25) is 9.59 Å². The maximum absolute atomic E-state index is 12.9. The zero-order chi connectivity index (χ0) is 23.6. The van der Waals surface area contributed by atoms with Crippen molar-refractivity contribution in [2.75, 3.05) is 39.3 Å². The molecule has 0 saturated carbocycles. The predicted octanol–water partition coefficient (Wildman–Crippen LogP) is 3.32. The molecular formula is C25H27N3O5. The zero-order valence-corrected chi connectivity index (χ0v) is 18.8. The Bertz CT molecular complexity index is 1090. The molecule has 1 heterocycles. The molecule has 0 aliphatic heterocycles. The van der Waals surface area contributed by atoms with Crippen LogP contribution in [0.2, 0.25) is 0 Å². The standard InChI is InChI=1S/C25H27N3O5/c1-28(19-8-5-4-6-9-19)14-13-26-25(30)21(17-20-10-7-15-33-20)27-24(29)18-11-12-22(31-2)23(16-18)32-3/h4-12,15-17H,13-14H2,1-3H3,(H,26,30)(H,27,29)/b21-17-. The van der Waals surface area contributed by atoms with Crippen molar-refractivity contribution in [3.8, 4) is 11.5 Å². The van der Waals surface area contributed by atoms with Crippen molar-refractivity contribution in [3.05, 3.63) is 83.9 Å². The molecule has 1 aromatic heterocycles. The molecule has 2 N–H and O–H groups in total. The van der Waals surface area contributed by atoms with Crippen LogP contribution in [0.15, 0.2) is 77.0 Å². The topological polar surface area (TPSA) is 93.0 Å². The Morgan fingerprint density at radius 1 is 1.00 bits per heavy atom. The van der Waals surface area contributed by atoms with E-state index in [1.165, 1.54) is 26.6 Å². The number of furan rings is 1. The molecule has 0 spiro atoms. The highest BCUT2D eigenvalue weighted by Crippen LogP contribution is 2.27. The number of likely N-dealkylation sites (N-methyl/N-ethyl adjacent to an activating group) is 1. The third-order valence-electron chi connectivity index (χ3n) is 4.90. The highest BCUT2D eigenvalue weighted by molar-refractivity contribution is 6.05. The van der Waals surface area contributed by atoms with Crippen molar-refractivity contribution in [2.24, 2.45) is 0 Å². The van der Waals surface area contributed by atoms with Crippen molar-refractivity contribution in [2.45, 2.75) is 0 Å². The number of anilines is 1. The van der Waals surface area contributed by atoms with Gasteiger partial charge in [-0.25, -0.2) is 0 Å². The summed E-state index contributed by atoms with van der Waals surface area (Å²) in [4.78, 5) is 27.8. The lowest BCUT2D eigenvalue weighted by molar-refractivity contribution is -0.117. The number of hydrogen-bond donors (Lipinski definition) is 2. The van der Waals surface area contributed by atoms with Crippen molar-refractivity contribution >= 4 is 23.6 Å². The summed E-state index contributed by atoms with van der Waals surface area (Å²) >= 11 is 0. The number of nitrogens with one attached hydrogen (secondary N) is 2. The maximum atomic E-state index is 12.9. The fraction of sp³-hybridized carbons (Fsp3) is 0.200. The van der Waals surface area contributed by atoms with Gasteiger partial charge in [0.1, 0.15) is 11.5 Å². The number of nitrogens with zero attached hydrogens (tertiary/aromatic N) is 1. The average Bonchev–Trinajstić information content (AvgIpc) is 3.36. The van der Waals surface area contributed by atoms with E-state index in [9.17, 15) is 9.59 Å². The van der Waals surface area contributed by atoms with Gasteiger partial charge in [-0.15, -0.1) is 0 Å². The average molecular weight is 450 g/mol. The number of carbonyl (C=O) groups excluding carboxylic acids is 2. The Morgan fingerprint density at radius 2 is 1.76 bits per heavy atom. The van der Waals surface area contributed by atoms with Gasteiger partial charge in [-0.2, -0.15) is 0 Å². The molecule has 3 aromatic rings. The monoisotopic (exact) mass is 449 g/mol. The number of amides is 2. The number of methoxy groups -OCH3 is 2.